The lowest BCUT2D eigenvalue weighted by Gasteiger charge is -2.41. The van der Waals surface area contributed by atoms with E-state index >= 15 is 0 Å². The highest BCUT2D eigenvalue weighted by atomic mass is 32.1. The maximum absolute atomic E-state index is 14.8. The van der Waals surface area contributed by atoms with Crippen LogP contribution in [0.15, 0.2) is 66.7 Å². The summed E-state index contributed by atoms with van der Waals surface area (Å²) in [6.07, 6.45) is 5.55. The maximum atomic E-state index is 14.8. The van der Waals surface area contributed by atoms with E-state index in [1.165, 1.54) is 29.7 Å². The number of methoxy groups -OCH3 is 2. The van der Waals surface area contributed by atoms with Crippen molar-refractivity contribution in [3.63, 3.8) is 0 Å². The van der Waals surface area contributed by atoms with Crippen LogP contribution < -0.4 is 37.6 Å². The molecule has 0 spiro atoms. The molecule has 0 unspecified atom stereocenters. The molecule has 2 aliphatic rings. The fourth-order valence-electron chi connectivity index (χ4n) is 11.8. The number of anilines is 1. The van der Waals surface area contributed by atoms with Gasteiger partial charge in [-0.3, -0.25) is 48.2 Å². The zero-order valence-corrected chi connectivity index (χ0v) is 57.1. The van der Waals surface area contributed by atoms with Crippen molar-refractivity contribution in [2.45, 2.75) is 188 Å². The van der Waals surface area contributed by atoms with Crippen LogP contribution in [0.3, 0.4) is 0 Å². The highest BCUT2D eigenvalue weighted by molar-refractivity contribution is 7.80. The molecule has 1 saturated heterocycles. The minimum Gasteiger partial charge on any atom is -0.445 e. The second-order valence-electron chi connectivity index (χ2n) is 25.1. The van der Waals surface area contributed by atoms with Crippen molar-refractivity contribution in [1.29, 1.82) is 0 Å². The van der Waals surface area contributed by atoms with Crippen molar-refractivity contribution in [2.24, 2.45) is 35.3 Å². The molecule has 4 rings (SSSR count). The summed E-state index contributed by atoms with van der Waals surface area (Å²) >= 11 is 5.87. The summed E-state index contributed by atoms with van der Waals surface area (Å²) in [6.45, 7) is 18.1. The second kappa shape index (κ2) is 38.5. The zero-order valence-electron chi connectivity index (χ0n) is 56.3. The largest absolute Gasteiger partial charge is 0.445 e. The minimum atomic E-state index is -1.10. The number of nitrogens with two attached hydrogens (primary N) is 1. The average Bonchev–Trinajstić information content (AvgIpc) is 1.35. The van der Waals surface area contributed by atoms with Gasteiger partial charge in [0, 0.05) is 84.7 Å². The Balaban J connectivity index is 1.36. The van der Waals surface area contributed by atoms with Crippen LogP contribution >= 0.6 is 12.2 Å². The monoisotopic (exact) mass is 1300 g/mol. The van der Waals surface area contributed by atoms with Gasteiger partial charge in [0.2, 0.25) is 35.4 Å². The molecule has 1 fully saturated rings. The predicted molar refractivity (Wildman–Crippen MR) is 355 cm³/mol. The molecule has 25 heteroatoms. The Bertz CT molecular complexity index is 2810. The number of carbonyl (C=O) groups excluding carboxylic acids is 10. The Hall–Kier alpha value is -7.51. The molecule has 2 aromatic carbocycles. The summed E-state index contributed by atoms with van der Waals surface area (Å²) in [5, 5.41) is 17.2. The molecule has 0 saturated carbocycles. The number of likely N-dealkylation sites (tertiary alicyclic amines) is 1. The molecule has 2 aliphatic heterocycles. The molecule has 24 nitrogen and oxygen atoms in total. The summed E-state index contributed by atoms with van der Waals surface area (Å²) in [4.78, 5) is 140. The number of amides is 11. The lowest BCUT2D eigenvalue weighted by atomic mass is 9.89. The number of primary amides is 1. The van der Waals surface area contributed by atoms with Crippen LogP contribution in [0.2, 0.25) is 0 Å². The molecule has 11 amide bonds. The number of imide groups is 1. The minimum absolute atomic E-state index is 0.00185. The fourth-order valence-corrected chi connectivity index (χ4v) is 12.1. The van der Waals surface area contributed by atoms with Gasteiger partial charge in [-0.1, -0.05) is 130 Å². The number of nitrogens with one attached hydrogen (secondary N) is 6. The zero-order chi connectivity index (χ0) is 68.4. The molecular weight excluding hydrogens is 1200 g/mol. The first-order valence-corrected chi connectivity index (χ1v) is 32.8. The van der Waals surface area contributed by atoms with Gasteiger partial charge in [0.1, 0.15) is 30.8 Å². The van der Waals surface area contributed by atoms with E-state index in [0.29, 0.717) is 55.0 Å². The Morgan fingerprint density at radius 3 is 1.96 bits per heavy atom. The topological polar surface area (TPSA) is 310 Å². The third-order valence-electron chi connectivity index (χ3n) is 17.3. The first-order valence-electron chi connectivity index (χ1n) is 32.3. The van der Waals surface area contributed by atoms with E-state index in [1.54, 1.807) is 78.1 Å². The van der Waals surface area contributed by atoms with Crippen molar-refractivity contribution < 1.29 is 62.2 Å². The van der Waals surface area contributed by atoms with Crippen LogP contribution in [0.4, 0.5) is 15.3 Å². The summed E-state index contributed by atoms with van der Waals surface area (Å²) in [7, 11) is 6.32. The fraction of sp³-hybridized carbons (Fsp3) is 0.627. The summed E-state index contributed by atoms with van der Waals surface area (Å²) < 4.78 is 17.9. The van der Waals surface area contributed by atoms with Crippen LogP contribution in [0.5, 0.6) is 0 Å². The Morgan fingerprint density at radius 1 is 0.717 bits per heavy atom. The third kappa shape index (κ3) is 23.3. The van der Waals surface area contributed by atoms with Gasteiger partial charge in [-0.25, -0.2) is 9.59 Å². The van der Waals surface area contributed by atoms with Crippen molar-refractivity contribution in [1.82, 2.24) is 46.2 Å². The smallest absolute Gasteiger partial charge is 0.410 e. The molecule has 0 aromatic heterocycles. The van der Waals surface area contributed by atoms with Gasteiger partial charge in [0.25, 0.3) is 11.8 Å². The van der Waals surface area contributed by atoms with Gasteiger partial charge < -0.3 is 61.6 Å². The number of rotatable bonds is 38. The number of ether oxygens (including phenoxy) is 3. The molecule has 510 valence electrons. The van der Waals surface area contributed by atoms with E-state index in [1.807, 2.05) is 57.7 Å². The Morgan fingerprint density at radius 2 is 1.37 bits per heavy atom. The number of unbranched alkanes of at least 4 members (excludes halogenated alkanes) is 2. The Kier molecular flexibility index (Phi) is 32.2. The number of benzene rings is 2. The molecule has 0 radical (unpaired) electrons. The second-order valence-corrected chi connectivity index (χ2v) is 25.6. The number of urea groups is 1. The summed E-state index contributed by atoms with van der Waals surface area (Å²) in [5.41, 5.74) is 7.33. The van der Waals surface area contributed by atoms with Crippen molar-refractivity contribution in [2.75, 3.05) is 59.8 Å². The molecule has 2 heterocycles. The predicted octanol–water partition coefficient (Wildman–Crippen LogP) is 6.00. The van der Waals surface area contributed by atoms with E-state index in [4.69, 9.17) is 32.2 Å². The van der Waals surface area contributed by atoms with Gasteiger partial charge in [0.05, 0.1) is 35.7 Å². The first-order chi connectivity index (χ1) is 43.6. The lowest BCUT2D eigenvalue weighted by Crippen LogP contribution is -2.60. The van der Waals surface area contributed by atoms with Crippen molar-refractivity contribution in [3.8, 4) is 0 Å². The highest BCUT2D eigenvalue weighted by Crippen LogP contribution is 2.30. The average molecular weight is 1300 g/mol. The summed E-state index contributed by atoms with van der Waals surface area (Å²) in [6, 6.07) is 10.9. The molecule has 10 atom stereocenters. The van der Waals surface area contributed by atoms with E-state index in [2.05, 4.69) is 44.0 Å². The van der Waals surface area contributed by atoms with Crippen molar-refractivity contribution in [3.05, 3.63) is 77.9 Å². The quantitative estimate of drug-likeness (QED) is 0.0230. The van der Waals surface area contributed by atoms with Gasteiger partial charge >= 0.3 is 12.1 Å². The first kappa shape index (κ1) is 76.9. The van der Waals surface area contributed by atoms with Crippen LogP contribution in [-0.4, -0.2) is 187 Å². The number of hydrogen-bond acceptors (Lipinski definition) is 14. The molecule has 2 aromatic rings. The van der Waals surface area contributed by atoms with E-state index < -0.39 is 78.0 Å². The van der Waals surface area contributed by atoms with Crippen LogP contribution in [0.25, 0.3) is 0 Å². The molecule has 0 bridgehead atoms. The van der Waals surface area contributed by atoms with Gasteiger partial charge in [-0.2, -0.15) is 0 Å². The van der Waals surface area contributed by atoms with E-state index in [0.717, 1.165) is 24.2 Å². The van der Waals surface area contributed by atoms with Crippen LogP contribution in [0.1, 0.15) is 138 Å². The van der Waals surface area contributed by atoms with Gasteiger partial charge in [-0.05, 0) is 91.9 Å². The molecule has 0 aliphatic carbocycles. The number of likely N-dealkylation sites (N-methyl/N-ethyl adjacent to an activating group) is 2. The van der Waals surface area contributed by atoms with Crippen LogP contribution in [-0.2, 0) is 65.6 Å². The molecular formula is C67H103N11O13S. The molecule has 8 N–H and O–H groups in total. The standard InChI is InChI=1S/C67H103N11O13S/c1-14-44(8)59(51(89-12)39-55(82)77-38-22-26-50(77)60(90-13)45(9)64(92)69-36-34-46-23-17-15-18-24-46)75(10)65(86)57(42(4)5)74-63(85)58(43(6)7)76(11)67(88)91-40-47-28-30-48(31-29-47)71-61(83)49(25-21-35-70-66(68)87)72-62(84)56(41(2)3)73-52(79)27-19-16-20-37-78-53(80)32-33-54(78)81/h15,17-18,23-24,28-33,41-45,49-51,56-60H,14,16,19-22,25-27,34-40H2,1-13H3,(H,69,92)(H,71,83)(H,72,84)(H,73,79)(H,74,85)(H3,68,70,87)/t44-,45+,49-,50-,51+,56-,57-,58-,59-,60+/m0/s1. The number of carbonyl (C=O) groups is 10. The number of thiocarbonyl (C=S) groups is 1. The van der Waals surface area contributed by atoms with Crippen LogP contribution in [0, 0.1) is 29.6 Å². The SMILES string of the molecule is CC[C@H](C)[C@@H]([C@@H](CC(=O)N1CCC[C@H]1[C@H](OC)[C@@H](C)C(=S)NCCc1ccccc1)OC)N(C)C(=O)[C@@H](NC(=O)[C@H](C(C)C)N(C)C(=O)OCc1ccc(NC(=O)[C@H](CCCNC(N)=O)NC(=O)[C@@H](NC(=O)CCCCCN2C(=O)C=CC2=O)C(C)C)cc1)C(C)C. The number of hydrogen-bond donors (Lipinski definition) is 7. The molecule has 92 heavy (non-hydrogen) atoms. The maximum Gasteiger partial charge on any atom is 0.410 e. The number of nitrogens with zero attached hydrogens (tertiary/aromatic N) is 4. The normalized spacial score (nSPS) is 16.8. The lowest BCUT2D eigenvalue weighted by molar-refractivity contribution is -0.147. The Labute approximate surface area is 549 Å². The van der Waals surface area contributed by atoms with Gasteiger partial charge in [0.15, 0.2) is 0 Å². The van der Waals surface area contributed by atoms with Crippen molar-refractivity contribution >= 4 is 82.3 Å². The van der Waals surface area contributed by atoms with E-state index in [-0.39, 0.29) is 105 Å². The summed E-state index contributed by atoms with van der Waals surface area (Å²) in [5.74, 6) is -4.85. The highest BCUT2D eigenvalue weighted by Gasteiger charge is 2.43. The third-order valence-corrected chi connectivity index (χ3v) is 17.8. The van der Waals surface area contributed by atoms with Gasteiger partial charge in [-0.15, -0.1) is 0 Å². The van der Waals surface area contributed by atoms with E-state index in [9.17, 15) is 47.9 Å².